The number of carbonyl (C=O) groups is 1. The molecule has 0 bridgehead atoms. The molecule has 7 heteroatoms. The lowest BCUT2D eigenvalue weighted by molar-refractivity contribution is -0.192. The molecule has 0 saturated carbocycles. The van der Waals surface area contributed by atoms with Crippen LogP contribution in [0.4, 0.5) is 13.2 Å². The third-order valence-corrected chi connectivity index (χ3v) is 4.58. The fraction of sp³-hybridized carbons (Fsp3) is 0.588. The largest absolute Gasteiger partial charge is 0.490 e. The molecule has 0 radical (unpaired) electrons. The number of piperidine rings is 1. The first kappa shape index (κ1) is 18.7. The van der Waals surface area contributed by atoms with Crippen LogP contribution in [0.1, 0.15) is 18.4 Å². The van der Waals surface area contributed by atoms with Crippen molar-refractivity contribution in [1.29, 1.82) is 0 Å². The van der Waals surface area contributed by atoms with E-state index in [0.29, 0.717) is 5.41 Å². The normalized spacial score (nSPS) is 20.0. The average molecular weight is 344 g/mol. The van der Waals surface area contributed by atoms with Gasteiger partial charge in [-0.05, 0) is 43.3 Å². The SMILES string of the molecule is O=C(O)C(F)(F)F.c1ccc(CCN2CC3(CCNCC3)C2)cc1. The van der Waals surface area contributed by atoms with E-state index in [0.717, 1.165) is 0 Å². The summed E-state index contributed by atoms with van der Waals surface area (Å²) in [6.07, 6.45) is -1.11. The van der Waals surface area contributed by atoms with Crippen molar-refractivity contribution >= 4 is 5.97 Å². The Balaban J connectivity index is 0.000000256. The van der Waals surface area contributed by atoms with Crippen molar-refractivity contribution in [3.05, 3.63) is 35.9 Å². The van der Waals surface area contributed by atoms with Gasteiger partial charge in [0.15, 0.2) is 0 Å². The van der Waals surface area contributed by atoms with E-state index in [9.17, 15) is 13.2 Å². The Morgan fingerprint density at radius 3 is 2.21 bits per heavy atom. The van der Waals surface area contributed by atoms with Gasteiger partial charge in [-0.3, -0.25) is 0 Å². The van der Waals surface area contributed by atoms with E-state index in [4.69, 9.17) is 9.90 Å². The molecule has 0 unspecified atom stereocenters. The second kappa shape index (κ2) is 7.98. The molecular formula is C17H23F3N2O2. The van der Waals surface area contributed by atoms with Gasteiger partial charge in [-0.15, -0.1) is 0 Å². The number of nitrogens with one attached hydrogen (secondary N) is 1. The summed E-state index contributed by atoms with van der Waals surface area (Å²) >= 11 is 0. The van der Waals surface area contributed by atoms with Crippen LogP contribution in [0.15, 0.2) is 30.3 Å². The highest BCUT2D eigenvalue weighted by Gasteiger charge is 2.42. The van der Waals surface area contributed by atoms with Crippen molar-refractivity contribution in [2.75, 3.05) is 32.7 Å². The minimum absolute atomic E-state index is 0.682. The van der Waals surface area contributed by atoms with E-state index in [1.807, 2.05) is 0 Å². The molecule has 3 rings (SSSR count). The van der Waals surface area contributed by atoms with Crippen molar-refractivity contribution in [3.8, 4) is 0 Å². The Morgan fingerprint density at radius 1 is 1.17 bits per heavy atom. The van der Waals surface area contributed by atoms with Gasteiger partial charge in [-0.2, -0.15) is 13.2 Å². The first-order chi connectivity index (χ1) is 11.3. The fourth-order valence-electron chi connectivity index (χ4n) is 3.27. The van der Waals surface area contributed by atoms with Gasteiger partial charge in [0.1, 0.15) is 0 Å². The second-order valence-electron chi connectivity index (χ2n) is 6.50. The number of likely N-dealkylation sites (tertiary alicyclic amines) is 1. The van der Waals surface area contributed by atoms with E-state index in [-0.39, 0.29) is 0 Å². The summed E-state index contributed by atoms with van der Waals surface area (Å²) in [7, 11) is 0. The zero-order valence-corrected chi connectivity index (χ0v) is 13.5. The third-order valence-electron chi connectivity index (χ3n) is 4.58. The summed E-state index contributed by atoms with van der Waals surface area (Å²) in [5.41, 5.74) is 2.15. The smallest absolute Gasteiger partial charge is 0.475 e. The van der Waals surface area contributed by atoms with E-state index < -0.39 is 12.1 Å². The molecular weight excluding hydrogens is 321 g/mol. The molecule has 4 nitrogen and oxygen atoms in total. The number of aliphatic carboxylic acids is 1. The highest BCUT2D eigenvalue weighted by atomic mass is 19.4. The minimum atomic E-state index is -5.08. The summed E-state index contributed by atoms with van der Waals surface area (Å²) in [6.45, 7) is 6.36. The maximum atomic E-state index is 10.6. The van der Waals surface area contributed by atoms with Gasteiger partial charge in [0, 0.05) is 19.6 Å². The quantitative estimate of drug-likeness (QED) is 0.885. The van der Waals surface area contributed by atoms with Gasteiger partial charge >= 0.3 is 12.1 Å². The van der Waals surface area contributed by atoms with Gasteiger partial charge < -0.3 is 15.3 Å². The Bertz CT molecular complexity index is 520. The van der Waals surface area contributed by atoms with Crippen molar-refractivity contribution in [3.63, 3.8) is 0 Å². The fourth-order valence-corrected chi connectivity index (χ4v) is 3.27. The van der Waals surface area contributed by atoms with Crippen LogP contribution >= 0.6 is 0 Å². The standard InChI is InChI=1S/C15H22N2.C2HF3O2/c1-2-4-14(5-3-1)6-11-17-12-15(13-17)7-9-16-10-8-15;3-2(4,5)1(6)7/h1-5,16H,6-13H2;(H,6,7). The number of halogens is 3. The molecule has 2 saturated heterocycles. The summed E-state index contributed by atoms with van der Waals surface area (Å²) in [4.78, 5) is 11.5. The zero-order chi connectivity index (χ0) is 17.6. The maximum absolute atomic E-state index is 10.6. The first-order valence-electron chi connectivity index (χ1n) is 8.08. The number of hydrogen-bond donors (Lipinski definition) is 2. The predicted molar refractivity (Wildman–Crippen MR) is 84.8 cm³/mol. The summed E-state index contributed by atoms with van der Waals surface area (Å²) < 4.78 is 31.7. The maximum Gasteiger partial charge on any atom is 0.490 e. The Kier molecular flexibility index (Phi) is 6.23. The van der Waals surface area contributed by atoms with Crippen LogP contribution in [0.5, 0.6) is 0 Å². The Labute approximate surface area is 139 Å². The molecule has 2 N–H and O–H groups in total. The molecule has 0 aliphatic carbocycles. The van der Waals surface area contributed by atoms with Crippen molar-refractivity contribution in [2.24, 2.45) is 5.41 Å². The topological polar surface area (TPSA) is 52.6 Å². The molecule has 1 aromatic rings. The molecule has 2 heterocycles. The van der Waals surface area contributed by atoms with Crippen molar-refractivity contribution in [1.82, 2.24) is 10.2 Å². The number of benzene rings is 1. The number of carboxylic acids is 1. The third kappa shape index (κ3) is 5.49. The minimum Gasteiger partial charge on any atom is -0.475 e. The van der Waals surface area contributed by atoms with E-state index >= 15 is 0 Å². The average Bonchev–Trinajstić information content (AvgIpc) is 2.52. The number of hydrogen-bond acceptors (Lipinski definition) is 3. The van der Waals surface area contributed by atoms with Crippen molar-refractivity contribution < 1.29 is 23.1 Å². The van der Waals surface area contributed by atoms with Gasteiger partial charge in [0.2, 0.25) is 0 Å². The van der Waals surface area contributed by atoms with E-state index in [1.54, 1.807) is 0 Å². The van der Waals surface area contributed by atoms with Gasteiger partial charge in [0.05, 0.1) is 0 Å². The van der Waals surface area contributed by atoms with Gasteiger partial charge in [0.25, 0.3) is 0 Å². The van der Waals surface area contributed by atoms with Crippen LogP contribution in [0.25, 0.3) is 0 Å². The van der Waals surface area contributed by atoms with Crippen LogP contribution in [0.2, 0.25) is 0 Å². The molecule has 2 aliphatic rings. The van der Waals surface area contributed by atoms with Gasteiger partial charge in [-0.25, -0.2) is 4.79 Å². The van der Waals surface area contributed by atoms with Crippen LogP contribution in [0.3, 0.4) is 0 Å². The second-order valence-corrected chi connectivity index (χ2v) is 6.50. The number of nitrogens with zero attached hydrogens (tertiary/aromatic N) is 1. The van der Waals surface area contributed by atoms with Crippen LogP contribution in [-0.4, -0.2) is 54.9 Å². The summed E-state index contributed by atoms with van der Waals surface area (Å²) in [6, 6.07) is 10.8. The molecule has 0 atom stereocenters. The van der Waals surface area contributed by atoms with E-state index in [2.05, 4.69) is 40.5 Å². The summed E-state index contributed by atoms with van der Waals surface area (Å²) in [5.74, 6) is -2.76. The molecule has 134 valence electrons. The molecule has 0 aromatic heterocycles. The monoisotopic (exact) mass is 344 g/mol. The molecule has 1 spiro atoms. The molecule has 1 aromatic carbocycles. The highest BCUT2D eigenvalue weighted by molar-refractivity contribution is 5.73. The zero-order valence-electron chi connectivity index (χ0n) is 13.5. The number of rotatable bonds is 3. The lowest BCUT2D eigenvalue weighted by Gasteiger charge is -2.52. The van der Waals surface area contributed by atoms with Crippen molar-refractivity contribution in [2.45, 2.75) is 25.4 Å². The number of carboxylic acid groups (broad SMARTS) is 1. The number of alkyl halides is 3. The molecule has 0 amide bonds. The lowest BCUT2D eigenvalue weighted by Crippen LogP contribution is -2.60. The van der Waals surface area contributed by atoms with Crippen LogP contribution < -0.4 is 5.32 Å². The summed E-state index contributed by atoms with van der Waals surface area (Å²) in [5, 5.41) is 10.6. The lowest BCUT2D eigenvalue weighted by atomic mass is 9.72. The first-order valence-corrected chi connectivity index (χ1v) is 8.08. The van der Waals surface area contributed by atoms with Crippen LogP contribution in [0, 0.1) is 5.41 Å². The molecule has 2 aliphatic heterocycles. The molecule has 2 fully saturated rings. The van der Waals surface area contributed by atoms with E-state index in [1.165, 1.54) is 57.5 Å². The van der Waals surface area contributed by atoms with Gasteiger partial charge in [-0.1, -0.05) is 30.3 Å². The molecule has 24 heavy (non-hydrogen) atoms. The Morgan fingerprint density at radius 2 is 1.71 bits per heavy atom. The van der Waals surface area contributed by atoms with Crippen LogP contribution in [-0.2, 0) is 11.2 Å². The Hall–Kier alpha value is -1.60. The predicted octanol–water partition coefficient (Wildman–Crippen LogP) is 2.55. The highest BCUT2D eigenvalue weighted by Crippen LogP contribution is 2.38.